The van der Waals surface area contributed by atoms with Crippen molar-refractivity contribution in [3.8, 4) is 0 Å². The van der Waals surface area contributed by atoms with Gasteiger partial charge in [0.15, 0.2) is 5.58 Å². The van der Waals surface area contributed by atoms with Crippen molar-refractivity contribution in [3.63, 3.8) is 0 Å². The lowest BCUT2D eigenvalue weighted by molar-refractivity contribution is 0.556. The molecule has 0 spiro atoms. The van der Waals surface area contributed by atoms with E-state index in [1.165, 1.54) is 43.4 Å². The molecule has 2 nitrogen and oxygen atoms in total. The van der Waals surface area contributed by atoms with Crippen LogP contribution < -0.4 is 4.90 Å². The van der Waals surface area contributed by atoms with Gasteiger partial charge < -0.3 is 9.32 Å². The molecule has 0 aliphatic carbocycles. The van der Waals surface area contributed by atoms with E-state index < -0.39 is 0 Å². The first-order valence-corrected chi connectivity index (χ1v) is 14.0. The second-order valence-electron chi connectivity index (χ2n) is 10.6. The van der Waals surface area contributed by atoms with Crippen LogP contribution in [0.4, 0.5) is 17.1 Å². The van der Waals surface area contributed by atoms with Gasteiger partial charge in [0.05, 0.1) is 11.4 Å². The molecule has 0 aliphatic rings. The summed E-state index contributed by atoms with van der Waals surface area (Å²) >= 11 is 0. The summed E-state index contributed by atoms with van der Waals surface area (Å²) in [6.45, 7) is 10.4. The average Bonchev–Trinajstić information content (AvgIpc) is 3.34. The van der Waals surface area contributed by atoms with Gasteiger partial charge in [-0.25, -0.2) is 0 Å². The Morgan fingerprint density at radius 1 is 0.725 bits per heavy atom. The maximum absolute atomic E-state index is 6.66. The Morgan fingerprint density at radius 3 is 2.17 bits per heavy atom. The van der Waals surface area contributed by atoms with Gasteiger partial charge in [0.1, 0.15) is 5.76 Å². The Hall–Kier alpha value is -4.82. The van der Waals surface area contributed by atoms with E-state index in [1.54, 1.807) is 0 Å². The normalized spacial score (nSPS) is 12.0. The summed E-state index contributed by atoms with van der Waals surface area (Å²) in [5.74, 6) is 0.983. The number of furan rings is 1. The lowest BCUT2D eigenvalue weighted by Gasteiger charge is -2.29. The SMILES string of the molecule is C=C/C=C\c1c(CC)oc2c(N(c3ccc(C)cc3C)c3ccc4ccc5cccc6ccc3c4c56)cccc12. The van der Waals surface area contributed by atoms with Gasteiger partial charge >= 0.3 is 0 Å². The molecular weight excluding hydrogens is 486 g/mol. The molecule has 6 aromatic carbocycles. The summed E-state index contributed by atoms with van der Waals surface area (Å²) in [5, 5.41) is 8.76. The maximum atomic E-state index is 6.66. The van der Waals surface area contributed by atoms with Gasteiger partial charge in [0.2, 0.25) is 0 Å². The number of hydrogen-bond donors (Lipinski definition) is 0. The van der Waals surface area contributed by atoms with Gasteiger partial charge in [0.25, 0.3) is 0 Å². The molecule has 0 fully saturated rings. The number of nitrogens with zero attached hydrogens (tertiary/aromatic N) is 1. The number of rotatable bonds is 6. The van der Waals surface area contributed by atoms with Gasteiger partial charge in [-0.05, 0) is 64.5 Å². The van der Waals surface area contributed by atoms with Crippen LogP contribution in [0, 0.1) is 13.8 Å². The van der Waals surface area contributed by atoms with Crippen molar-refractivity contribution in [3.05, 3.63) is 132 Å². The second kappa shape index (κ2) is 9.43. The van der Waals surface area contributed by atoms with Crippen LogP contribution >= 0.6 is 0 Å². The van der Waals surface area contributed by atoms with Crippen molar-refractivity contribution >= 4 is 66.4 Å². The molecule has 40 heavy (non-hydrogen) atoms. The van der Waals surface area contributed by atoms with E-state index in [4.69, 9.17) is 4.42 Å². The standard InChI is InChI=1S/C38H31NO/c1-5-7-12-29-30-13-9-14-34(38(30)40-35(29)6-2)39(32-21-15-24(3)23-25(32)4)33-22-19-28-17-16-26-10-8-11-27-18-20-31(33)37(28)36(26)27/h5,7-23H,1,6H2,2-4H3/b12-7-. The third-order valence-electron chi connectivity index (χ3n) is 8.11. The van der Waals surface area contributed by atoms with Crippen molar-refractivity contribution in [2.45, 2.75) is 27.2 Å². The topological polar surface area (TPSA) is 16.4 Å². The number of para-hydroxylation sites is 1. The molecule has 7 aromatic rings. The smallest absolute Gasteiger partial charge is 0.158 e. The van der Waals surface area contributed by atoms with Crippen molar-refractivity contribution in [2.75, 3.05) is 4.90 Å². The largest absolute Gasteiger partial charge is 0.458 e. The maximum Gasteiger partial charge on any atom is 0.158 e. The molecule has 0 amide bonds. The zero-order chi connectivity index (χ0) is 27.4. The fourth-order valence-corrected chi connectivity index (χ4v) is 6.32. The molecular formula is C38H31NO. The highest BCUT2D eigenvalue weighted by molar-refractivity contribution is 6.26. The molecule has 0 saturated heterocycles. The fourth-order valence-electron chi connectivity index (χ4n) is 6.32. The summed E-state index contributed by atoms with van der Waals surface area (Å²) < 4.78 is 6.66. The molecule has 0 bridgehead atoms. The molecule has 0 unspecified atom stereocenters. The molecule has 2 heteroatoms. The van der Waals surface area contributed by atoms with Crippen molar-refractivity contribution in [2.24, 2.45) is 0 Å². The molecule has 1 heterocycles. The van der Waals surface area contributed by atoms with Gasteiger partial charge in [-0.2, -0.15) is 0 Å². The number of benzene rings is 6. The van der Waals surface area contributed by atoms with Crippen LogP contribution in [0.3, 0.4) is 0 Å². The summed E-state index contributed by atoms with van der Waals surface area (Å²) in [7, 11) is 0. The number of anilines is 3. The minimum absolute atomic E-state index is 0.813. The molecule has 7 rings (SSSR count). The van der Waals surface area contributed by atoms with Crippen LogP contribution in [-0.2, 0) is 6.42 Å². The van der Waals surface area contributed by atoms with E-state index in [-0.39, 0.29) is 0 Å². The Morgan fingerprint density at radius 2 is 1.43 bits per heavy atom. The molecule has 194 valence electrons. The van der Waals surface area contributed by atoms with Gasteiger partial charge in [-0.1, -0.05) is 110 Å². The van der Waals surface area contributed by atoms with Gasteiger partial charge in [-0.15, -0.1) is 0 Å². The van der Waals surface area contributed by atoms with Crippen molar-refractivity contribution in [1.82, 2.24) is 0 Å². The Balaban J connectivity index is 1.59. The quantitative estimate of drug-likeness (QED) is 0.161. The summed E-state index contributed by atoms with van der Waals surface area (Å²) in [6.07, 6.45) is 6.72. The third-order valence-corrected chi connectivity index (χ3v) is 8.11. The van der Waals surface area contributed by atoms with Crippen molar-refractivity contribution in [1.29, 1.82) is 0 Å². The van der Waals surface area contributed by atoms with E-state index in [1.807, 2.05) is 12.2 Å². The number of aryl methyl sites for hydroxylation is 3. The number of hydrogen-bond acceptors (Lipinski definition) is 2. The first-order valence-electron chi connectivity index (χ1n) is 14.0. The minimum Gasteiger partial charge on any atom is -0.458 e. The average molecular weight is 518 g/mol. The van der Waals surface area contributed by atoms with Crippen LogP contribution in [0.1, 0.15) is 29.4 Å². The molecule has 0 radical (unpaired) electrons. The van der Waals surface area contributed by atoms with Gasteiger partial charge in [-0.3, -0.25) is 0 Å². The first-order chi connectivity index (χ1) is 19.6. The molecule has 0 N–H and O–H groups in total. The fraction of sp³-hybridized carbons (Fsp3) is 0.105. The summed E-state index contributed by atoms with van der Waals surface area (Å²) in [6, 6.07) is 33.3. The van der Waals surface area contributed by atoms with Gasteiger partial charge in [0, 0.05) is 28.4 Å². The Bertz CT molecular complexity index is 2080. The zero-order valence-corrected chi connectivity index (χ0v) is 23.2. The third kappa shape index (κ3) is 3.64. The minimum atomic E-state index is 0.813. The predicted molar refractivity (Wildman–Crippen MR) is 173 cm³/mol. The lowest BCUT2D eigenvalue weighted by Crippen LogP contribution is -2.12. The van der Waals surface area contributed by atoms with Crippen LogP contribution in [-0.4, -0.2) is 0 Å². The summed E-state index contributed by atoms with van der Waals surface area (Å²) in [5.41, 5.74) is 7.81. The van der Waals surface area contributed by atoms with Crippen LogP contribution in [0.25, 0.3) is 49.4 Å². The second-order valence-corrected chi connectivity index (χ2v) is 10.6. The van der Waals surface area contributed by atoms with E-state index in [0.29, 0.717) is 0 Å². The zero-order valence-electron chi connectivity index (χ0n) is 23.2. The van der Waals surface area contributed by atoms with Crippen LogP contribution in [0.15, 0.2) is 114 Å². The van der Waals surface area contributed by atoms with Crippen molar-refractivity contribution < 1.29 is 4.42 Å². The molecule has 0 atom stereocenters. The van der Waals surface area contributed by atoms with E-state index in [2.05, 4.69) is 129 Å². The van der Waals surface area contributed by atoms with Crippen LogP contribution in [0.5, 0.6) is 0 Å². The highest BCUT2D eigenvalue weighted by atomic mass is 16.3. The summed E-state index contributed by atoms with van der Waals surface area (Å²) in [4.78, 5) is 2.40. The number of fused-ring (bicyclic) bond motifs is 1. The lowest BCUT2D eigenvalue weighted by atomic mass is 9.93. The monoisotopic (exact) mass is 517 g/mol. The molecule has 0 saturated carbocycles. The molecule has 0 aliphatic heterocycles. The van der Waals surface area contributed by atoms with E-state index >= 15 is 0 Å². The first kappa shape index (κ1) is 24.2. The van der Waals surface area contributed by atoms with E-state index in [9.17, 15) is 0 Å². The van der Waals surface area contributed by atoms with E-state index in [0.717, 1.165) is 45.8 Å². The molecule has 1 aromatic heterocycles. The Labute approximate surface area is 234 Å². The number of allylic oxidation sites excluding steroid dienone is 2. The van der Waals surface area contributed by atoms with Crippen LogP contribution in [0.2, 0.25) is 0 Å². The predicted octanol–water partition coefficient (Wildman–Crippen LogP) is 11.2. The highest BCUT2D eigenvalue weighted by Crippen LogP contribution is 2.47. The Kier molecular flexibility index (Phi) is 5.71. The highest BCUT2D eigenvalue weighted by Gasteiger charge is 2.24.